The van der Waals surface area contributed by atoms with Gasteiger partial charge in [-0.15, -0.1) is 0 Å². The molecule has 0 spiro atoms. The maximum Gasteiger partial charge on any atom is 0.123 e. The molecule has 18 heavy (non-hydrogen) atoms. The molecule has 1 aromatic carbocycles. The van der Waals surface area contributed by atoms with Gasteiger partial charge in [-0.1, -0.05) is 29.9 Å². The van der Waals surface area contributed by atoms with Crippen molar-refractivity contribution >= 4 is 34.5 Å². The van der Waals surface area contributed by atoms with E-state index in [-0.39, 0.29) is 4.99 Å². The molecule has 94 valence electrons. The average molecular weight is 281 g/mol. The van der Waals surface area contributed by atoms with Crippen LogP contribution in [0.15, 0.2) is 34.7 Å². The van der Waals surface area contributed by atoms with Crippen LogP contribution >= 0.6 is 23.8 Å². The molecule has 3 N–H and O–H groups in total. The van der Waals surface area contributed by atoms with Crippen LogP contribution in [0, 0.1) is 6.92 Å². The molecule has 2 aromatic rings. The van der Waals surface area contributed by atoms with E-state index in [1.807, 2.05) is 31.2 Å². The molecule has 0 amide bonds. The molecule has 1 heterocycles. The van der Waals surface area contributed by atoms with Crippen molar-refractivity contribution in [3.8, 4) is 0 Å². The number of aryl methyl sites for hydroxylation is 1. The van der Waals surface area contributed by atoms with Crippen molar-refractivity contribution in [3.05, 3.63) is 52.4 Å². The number of hydrogen-bond acceptors (Lipinski definition) is 3. The second-order valence-electron chi connectivity index (χ2n) is 3.89. The third-order valence-corrected chi connectivity index (χ3v) is 3.03. The van der Waals surface area contributed by atoms with Crippen molar-refractivity contribution in [2.45, 2.75) is 13.5 Å². The fourth-order valence-electron chi connectivity index (χ4n) is 1.68. The van der Waals surface area contributed by atoms with E-state index in [0.29, 0.717) is 17.1 Å². The minimum atomic E-state index is 0.277. The summed E-state index contributed by atoms with van der Waals surface area (Å²) < 4.78 is 5.48. The minimum Gasteiger partial charge on any atom is -0.465 e. The molecule has 2 rings (SSSR count). The molecular formula is C13H13ClN2OS. The van der Waals surface area contributed by atoms with E-state index >= 15 is 0 Å². The SMILES string of the molecule is Cc1ccc(CNc2cccc(Cl)c2C(N)=S)o1. The van der Waals surface area contributed by atoms with Crippen molar-refractivity contribution < 1.29 is 4.42 Å². The van der Waals surface area contributed by atoms with Crippen LogP contribution in [0.1, 0.15) is 17.1 Å². The average Bonchev–Trinajstić information content (AvgIpc) is 2.72. The fourth-order valence-corrected chi connectivity index (χ4v) is 2.24. The third-order valence-electron chi connectivity index (χ3n) is 2.51. The molecule has 0 fully saturated rings. The van der Waals surface area contributed by atoms with E-state index in [9.17, 15) is 0 Å². The Morgan fingerprint density at radius 3 is 2.78 bits per heavy atom. The van der Waals surface area contributed by atoms with Crippen LogP contribution < -0.4 is 11.1 Å². The number of nitrogens with one attached hydrogen (secondary N) is 1. The van der Waals surface area contributed by atoms with E-state index in [2.05, 4.69) is 5.32 Å². The largest absolute Gasteiger partial charge is 0.465 e. The van der Waals surface area contributed by atoms with Crippen LogP contribution in [0.25, 0.3) is 0 Å². The summed E-state index contributed by atoms with van der Waals surface area (Å²) in [6.07, 6.45) is 0. The number of nitrogens with two attached hydrogens (primary N) is 1. The summed E-state index contributed by atoms with van der Waals surface area (Å²) in [5.74, 6) is 1.73. The van der Waals surface area contributed by atoms with E-state index in [4.69, 9.17) is 34.0 Å². The first-order chi connectivity index (χ1) is 8.58. The van der Waals surface area contributed by atoms with Gasteiger partial charge in [0.15, 0.2) is 0 Å². The van der Waals surface area contributed by atoms with Crippen molar-refractivity contribution in [1.29, 1.82) is 0 Å². The Morgan fingerprint density at radius 2 is 2.17 bits per heavy atom. The highest BCUT2D eigenvalue weighted by molar-refractivity contribution is 7.80. The van der Waals surface area contributed by atoms with Crippen molar-refractivity contribution in [2.75, 3.05) is 5.32 Å². The van der Waals surface area contributed by atoms with Gasteiger partial charge in [0.25, 0.3) is 0 Å². The molecule has 0 aliphatic carbocycles. The summed E-state index contributed by atoms with van der Waals surface area (Å²) in [5, 5.41) is 3.76. The predicted octanol–water partition coefficient (Wildman–Crippen LogP) is 3.49. The van der Waals surface area contributed by atoms with Crippen LogP contribution in [0.4, 0.5) is 5.69 Å². The molecule has 0 saturated heterocycles. The number of hydrogen-bond donors (Lipinski definition) is 2. The Bertz CT molecular complexity index is 580. The number of anilines is 1. The number of benzene rings is 1. The van der Waals surface area contributed by atoms with Gasteiger partial charge in [-0.2, -0.15) is 0 Å². The number of halogens is 1. The molecule has 0 aliphatic rings. The number of rotatable bonds is 4. The molecule has 0 bridgehead atoms. The highest BCUT2D eigenvalue weighted by Crippen LogP contribution is 2.24. The smallest absolute Gasteiger partial charge is 0.123 e. The van der Waals surface area contributed by atoms with Gasteiger partial charge in [0.1, 0.15) is 16.5 Å². The zero-order chi connectivity index (χ0) is 13.1. The highest BCUT2D eigenvalue weighted by atomic mass is 35.5. The molecule has 0 saturated carbocycles. The monoisotopic (exact) mass is 280 g/mol. The van der Waals surface area contributed by atoms with Crippen LogP contribution in [0.3, 0.4) is 0 Å². The predicted molar refractivity (Wildman–Crippen MR) is 78.1 cm³/mol. The van der Waals surface area contributed by atoms with Crippen LogP contribution in [-0.4, -0.2) is 4.99 Å². The number of furan rings is 1. The molecule has 0 unspecified atom stereocenters. The molecular weight excluding hydrogens is 268 g/mol. The molecule has 0 radical (unpaired) electrons. The Labute approximate surface area is 116 Å². The summed E-state index contributed by atoms with van der Waals surface area (Å²) in [6, 6.07) is 9.34. The molecule has 1 aromatic heterocycles. The highest BCUT2D eigenvalue weighted by Gasteiger charge is 2.09. The van der Waals surface area contributed by atoms with Crippen LogP contribution in [0.2, 0.25) is 5.02 Å². The van der Waals surface area contributed by atoms with Gasteiger partial charge in [0.2, 0.25) is 0 Å². The summed E-state index contributed by atoms with van der Waals surface area (Å²) in [6.45, 7) is 2.47. The maximum atomic E-state index is 6.08. The first-order valence-corrected chi connectivity index (χ1v) is 6.24. The summed E-state index contributed by atoms with van der Waals surface area (Å²) in [4.78, 5) is 0.277. The van der Waals surface area contributed by atoms with Crippen LogP contribution in [-0.2, 0) is 6.54 Å². The van der Waals surface area contributed by atoms with E-state index in [1.165, 1.54) is 0 Å². The minimum absolute atomic E-state index is 0.277. The van der Waals surface area contributed by atoms with Crippen LogP contribution in [0.5, 0.6) is 0 Å². The van der Waals surface area contributed by atoms with E-state index in [0.717, 1.165) is 17.2 Å². The summed E-state index contributed by atoms with van der Waals surface area (Å²) in [7, 11) is 0. The Balaban J connectivity index is 2.19. The normalized spacial score (nSPS) is 10.3. The zero-order valence-corrected chi connectivity index (χ0v) is 11.4. The van der Waals surface area contributed by atoms with Gasteiger partial charge >= 0.3 is 0 Å². The summed E-state index contributed by atoms with van der Waals surface area (Å²) >= 11 is 11.1. The number of thiocarbonyl (C=S) groups is 1. The van der Waals surface area contributed by atoms with Gasteiger partial charge in [0, 0.05) is 5.69 Å². The Morgan fingerprint density at radius 1 is 1.39 bits per heavy atom. The first kappa shape index (κ1) is 12.9. The second kappa shape index (κ2) is 5.42. The standard InChI is InChI=1S/C13H13ClN2OS/c1-8-5-6-9(17-8)7-16-11-4-2-3-10(14)12(11)13(15)18/h2-6,16H,7H2,1H3,(H2,15,18). The van der Waals surface area contributed by atoms with Crippen molar-refractivity contribution in [3.63, 3.8) is 0 Å². The second-order valence-corrected chi connectivity index (χ2v) is 4.74. The van der Waals surface area contributed by atoms with Crippen molar-refractivity contribution in [1.82, 2.24) is 0 Å². The van der Waals surface area contributed by atoms with Gasteiger partial charge in [0.05, 0.1) is 17.1 Å². The lowest BCUT2D eigenvalue weighted by molar-refractivity contribution is 0.490. The van der Waals surface area contributed by atoms with Gasteiger partial charge in [-0.3, -0.25) is 0 Å². The van der Waals surface area contributed by atoms with E-state index in [1.54, 1.807) is 6.07 Å². The molecule has 5 heteroatoms. The molecule has 3 nitrogen and oxygen atoms in total. The lowest BCUT2D eigenvalue weighted by Crippen LogP contribution is -2.13. The quantitative estimate of drug-likeness (QED) is 0.842. The first-order valence-electron chi connectivity index (χ1n) is 5.45. The maximum absolute atomic E-state index is 6.08. The molecule has 0 aliphatic heterocycles. The lowest BCUT2D eigenvalue weighted by Gasteiger charge is -2.11. The topological polar surface area (TPSA) is 51.2 Å². The van der Waals surface area contributed by atoms with Gasteiger partial charge in [-0.05, 0) is 31.2 Å². The third kappa shape index (κ3) is 2.83. The molecule has 0 atom stereocenters. The fraction of sp³-hybridized carbons (Fsp3) is 0.154. The lowest BCUT2D eigenvalue weighted by atomic mass is 10.1. The van der Waals surface area contributed by atoms with Crippen molar-refractivity contribution in [2.24, 2.45) is 5.73 Å². The Hall–Kier alpha value is -1.52. The van der Waals surface area contributed by atoms with Gasteiger partial charge in [-0.25, -0.2) is 0 Å². The Kier molecular flexibility index (Phi) is 3.89. The summed E-state index contributed by atoms with van der Waals surface area (Å²) in [5.41, 5.74) is 7.15. The van der Waals surface area contributed by atoms with E-state index < -0.39 is 0 Å². The van der Waals surface area contributed by atoms with Gasteiger partial charge < -0.3 is 15.5 Å². The zero-order valence-electron chi connectivity index (χ0n) is 9.87.